The van der Waals surface area contributed by atoms with Gasteiger partial charge < -0.3 is 5.11 Å². The molecule has 0 radical (unpaired) electrons. The monoisotopic (exact) mass is 313 g/mol. The molecule has 0 amide bonds. The van der Waals surface area contributed by atoms with Crippen molar-refractivity contribution >= 4 is 15.8 Å². The van der Waals surface area contributed by atoms with Gasteiger partial charge in [0.25, 0.3) is 0 Å². The fourth-order valence-corrected chi connectivity index (χ4v) is 2.82. The Kier molecular flexibility index (Phi) is 5.67. The van der Waals surface area contributed by atoms with Gasteiger partial charge in [0.05, 0.1) is 11.0 Å². The van der Waals surface area contributed by atoms with Crippen molar-refractivity contribution in [2.24, 2.45) is 5.41 Å². The first-order chi connectivity index (χ1) is 9.54. The lowest BCUT2D eigenvalue weighted by molar-refractivity contribution is 0.0571. The quantitative estimate of drug-likeness (QED) is 0.786. The van der Waals surface area contributed by atoms with Crippen LogP contribution >= 0.6 is 0 Å². The fourth-order valence-electron chi connectivity index (χ4n) is 1.73. The SMILES string of the molecule is CC(=O)c1cccc(S(=O)(=O)NCCC(O)C(C)(C)C)c1. The van der Waals surface area contributed by atoms with Gasteiger partial charge in [0, 0.05) is 12.1 Å². The van der Waals surface area contributed by atoms with E-state index >= 15 is 0 Å². The summed E-state index contributed by atoms with van der Waals surface area (Å²) in [4.78, 5) is 11.3. The molecular weight excluding hydrogens is 290 g/mol. The first-order valence-electron chi connectivity index (χ1n) is 6.83. The topological polar surface area (TPSA) is 83.5 Å². The van der Waals surface area contributed by atoms with Gasteiger partial charge in [-0.2, -0.15) is 0 Å². The Morgan fingerprint density at radius 2 is 1.95 bits per heavy atom. The molecule has 5 nitrogen and oxygen atoms in total. The van der Waals surface area contributed by atoms with Crippen LogP contribution in [0.4, 0.5) is 0 Å². The number of carbonyl (C=O) groups excluding carboxylic acids is 1. The Bertz CT molecular complexity index is 602. The summed E-state index contributed by atoms with van der Waals surface area (Å²) in [6.45, 7) is 7.21. The molecule has 21 heavy (non-hydrogen) atoms. The van der Waals surface area contributed by atoms with E-state index in [0.29, 0.717) is 12.0 Å². The minimum Gasteiger partial charge on any atom is -0.393 e. The standard InChI is InChI=1S/C15H23NO4S/c1-11(17)12-6-5-7-13(10-12)21(19,20)16-9-8-14(18)15(2,3)4/h5-7,10,14,16,18H,8-9H2,1-4H3. The summed E-state index contributed by atoms with van der Waals surface area (Å²) < 4.78 is 26.7. The molecule has 6 heteroatoms. The molecule has 0 aliphatic heterocycles. The lowest BCUT2D eigenvalue weighted by Gasteiger charge is -2.25. The molecule has 0 saturated heterocycles. The Labute approximate surface area is 126 Å². The molecule has 0 bridgehead atoms. The second-order valence-corrected chi connectivity index (χ2v) is 7.92. The van der Waals surface area contributed by atoms with Gasteiger partial charge in [-0.15, -0.1) is 0 Å². The molecule has 0 aromatic heterocycles. The van der Waals surface area contributed by atoms with Crippen molar-refractivity contribution in [1.29, 1.82) is 0 Å². The minimum atomic E-state index is -3.67. The molecule has 1 atom stereocenters. The van der Waals surface area contributed by atoms with E-state index in [4.69, 9.17) is 0 Å². The van der Waals surface area contributed by atoms with Crippen molar-refractivity contribution in [3.05, 3.63) is 29.8 Å². The second-order valence-electron chi connectivity index (χ2n) is 6.15. The van der Waals surface area contributed by atoms with Gasteiger partial charge in [-0.05, 0) is 30.9 Å². The van der Waals surface area contributed by atoms with Crippen molar-refractivity contribution in [2.45, 2.75) is 45.1 Å². The van der Waals surface area contributed by atoms with Crippen LogP contribution in [0.25, 0.3) is 0 Å². The van der Waals surface area contributed by atoms with Gasteiger partial charge >= 0.3 is 0 Å². The minimum absolute atomic E-state index is 0.0560. The predicted molar refractivity (Wildman–Crippen MR) is 81.7 cm³/mol. The normalized spacial score (nSPS) is 14.0. The number of hydrogen-bond acceptors (Lipinski definition) is 4. The van der Waals surface area contributed by atoms with Gasteiger partial charge in [0.1, 0.15) is 0 Å². The molecule has 1 rings (SSSR count). The zero-order valence-electron chi connectivity index (χ0n) is 12.9. The molecule has 118 valence electrons. The summed E-state index contributed by atoms with van der Waals surface area (Å²) in [6, 6.07) is 5.90. The van der Waals surface area contributed by atoms with E-state index in [2.05, 4.69) is 4.72 Å². The van der Waals surface area contributed by atoms with Crippen LogP contribution in [0.5, 0.6) is 0 Å². The van der Waals surface area contributed by atoms with E-state index < -0.39 is 16.1 Å². The number of aliphatic hydroxyl groups excluding tert-OH is 1. The van der Waals surface area contributed by atoms with Crippen molar-refractivity contribution in [2.75, 3.05) is 6.54 Å². The Morgan fingerprint density at radius 1 is 1.33 bits per heavy atom. The highest BCUT2D eigenvalue weighted by Gasteiger charge is 2.22. The van der Waals surface area contributed by atoms with Crippen LogP contribution in [0.3, 0.4) is 0 Å². The largest absolute Gasteiger partial charge is 0.393 e. The van der Waals surface area contributed by atoms with Gasteiger partial charge in [-0.1, -0.05) is 32.9 Å². The maximum atomic E-state index is 12.1. The van der Waals surface area contributed by atoms with Crippen molar-refractivity contribution < 1.29 is 18.3 Å². The maximum Gasteiger partial charge on any atom is 0.240 e. The van der Waals surface area contributed by atoms with Crippen molar-refractivity contribution in [1.82, 2.24) is 4.72 Å². The molecule has 0 spiro atoms. The Morgan fingerprint density at radius 3 is 2.48 bits per heavy atom. The first kappa shape index (κ1) is 17.8. The number of nitrogens with one attached hydrogen (secondary N) is 1. The maximum absolute atomic E-state index is 12.1. The molecular formula is C15H23NO4S. The second kappa shape index (κ2) is 6.68. The van der Waals surface area contributed by atoms with Crippen LogP contribution in [0.1, 0.15) is 44.5 Å². The number of aliphatic hydroxyl groups is 1. The van der Waals surface area contributed by atoms with Crippen LogP contribution in [0.15, 0.2) is 29.2 Å². The average molecular weight is 313 g/mol. The zero-order chi connectivity index (χ0) is 16.3. The smallest absolute Gasteiger partial charge is 0.240 e. The van der Waals surface area contributed by atoms with Crippen molar-refractivity contribution in [3.63, 3.8) is 0 Å². The summed E-state index contributed by atoms with van der Waals surface area (Å²) in [5.41, 5.74) is 0.0626. The van der Waals surface area contributed by atoms with Gasteiger partial charge in [0.15, 0.2) is 5.78 Å². The Balaban J connectivity index is 2.74. The van der Waals surface area contributed by atoms with Crippen molar-refractivity contribution in [3.8, 4) is 0 Å². The van der Waals surface area contributed by atoms with Crippen LogP contribution < -0.4 is 4.72 Å². The summed E-state index contributed by atoms with van der Waals surface area (Å²) in [5.74, 6) is -0.185. The number of carbonyl (C=O) groups is 1. The van der Waals surface area contributed by atoms with E-state index in [1.807, 2.05) is 20.8 Å². The summed E-state index contributed by atoms with van der Waals surface area (Å²) in [5, 5.41) is 9.89. The fraction of sp³-hybridized carbons (Fsp3) is 0.533. The lowest BCUT2D eigenvalue weighted by Crippen LogP contribution is -2.32. The lowest BCUT2D eigenvalue weighted by atomic mass is 9.87. The van der Waals surface area contributed by atoms with Gasteiger partial charge in [-0.25, -0.2) is 13.1 Å². The third-order valence-electron chi connectivity index (χ3n) is 3.26. The molecule has 0 aliphatic carbocycles. The molecule has 1 aromatic rings. The molecule has 0 aliphatic rings. The van der Waals surface area contributed by atoms with Gasteiger partial charge in [0.2, 0.25) is 10.0 Å². The highest BCUT2D eigenvalue weighted by molar-refractivity contribution is 7.89. The number of hydrogen-bond donors (Lipinski definition) is 2. The number of rotatable bonds is 6. The first-order valence-corrected chi connectivity index (χ1v) is 8.31. The molecule has 0 fully saturated rings. The number of sulfonamides is 1. The molecule has 1 unspecified atom stereocenters. The molecule has 0 heterocycles. The van der Waals surface area contributed by atoms with E-state index in [9.17, 15) is 18.3 Å². The van der Waals surface area contributed by atoms with Gasteiger partial charge in [-0.3, -0.25) is 4.79 Å². The van der Waals surface area contributed by atoms with E-state index in [1.165, 1.54) is 25.1 Å². The third kappa shape index (κ3) is 5.22. The highest BCUT2D eigenvalue weighted by Crippen LogP contribution is 2.21. The number of ketones is 1. The summed E-state index contributed by atoms with van der Waals surface area (Å²) in [7, 11) is -3.67. The van der Waals surface area contributed by atoms with Crippen LogP contribution in [-0.4, -0.2) is 32.0 Å². The van der Waals surface area contributed by atoms with E-state index in [1.54, 1.807) is 6.07 Å². The van der Waals surface area contributed by atoms with E-state index in [-0.39, 0.29) is 22.6 Å². The van der Waals surface area contributed by atoms with Crippen LogP contribution in [-0.2, 0) is 10.0 Å². The highest BCUT2D eigenvalue weighted by atomic mass is 32.2. The number of Topliss-reactive ketones (excluding diaryl/α,β-unsaturated/α-hetero) is 1. The molecule has 0 saturated carbocycles. The third-order valence-corrected chi connectivity index (χ3v) is 4.72. The van der Waals surface area contributed by atoms with E-state index in [0.717, 1.165) is 0 Å². The summed E-state index contributed by atoms with van der Waals surface area (Å²) >= 11 is 0. The summed E-state index contributed by atoms with van der Waals surface area (Å²) in [6.07, 6.45) is -0.265. The Hall–Kier alpha value is -1.24. The zero-order valence-corrected chi connectivity index (χ0v) is 13.7. The molecule has 2 N–H and O–H groups in total. The molecule has 1 aromatic carbocycles. The average Bonchev–Trinajstić information content (AvgIpc) is 2.37. The predicted octanol–water partition coefficient (Wildman–Crippen LogP) is 1.96. The van der Waals surface area contributed by atoms with Crippen LogP contribution in [0, 0.1) is 5.41 Å². The number of benzene rings is 1. The van der Waals surface area contributed by atoms with Crippen LogP contribution in [0.2, 0.25) is 0 Å².